The highest BCUT2D eigenvalue weighted by Crippen LogP contribution is 2.47. The van der Waals surface area contributed by atoms with E-state index >= 15 is 0 Å². The first-order chi connectivity index (χ1) is 14.8. The van der Waals surface area contributed by atoms with Crippen molar-refractivity contribution in [3.05, 3.63) is 52.4 Å². The van der Waals surface area contributed by atoms with Gasteiger partial charge in [-0.3, -0.25) is 4.79 Å². The lowest BCUT2D eigenvalue weighted by Gasteiger charge is -2.40. The number of carbonyl (C=O) groups excluding carboxylic acids is 2. The van der Waals surface area contributed by atoms with Crippen molar-refractivity contribution < 1.29 is 19.1 Å². The van der Waals surface area contributed by atoms with E-state index in [-0.39, 0.29) is 24.4 Å². The summed E-state index contributed by atoms with van der Waals surface area (Å²) in [5.41, 5.74) is 8.97. The summed E-state index contributed by atoms with van der Waals surface area (Å²) in [5.74, 6) is -0.836. The fourth-order valence-corrected chi connectivity index (χ4v) is 4.71. The molecule has 31 heavy (non-hydrogen) atoms. The third kappa shape index (κ3) is 5.22. The highest BCUT2D eigenvalue weighted by atomic mass is 32.2. The zero-order chi connectivity index (χ0) is 22.6. The van der Waals surface area contributed by atoms with E-state index in [1.54, 1.807) is 18.7 Å². The van der Waals surface area contributed by atoms with Gasteiger partial charge in [0.2, 0.25) is 0 Å². The second-order valence-corrected chi connectivity index (χ2v) is 9.50. The highest BCUT2D eigenvalue weighted by molar-refractivity contribution is 7.98. The molecule has 0 saturated carbocycles. The lowest BCUT2D eigenvalue weighted by atomic mass is 9.68. The number of hydrogen-bond acceptors (Lipinski definition) is 7. The Morgan fingerprint density at radius 3 is 2.58 bits per heavy atom. The van der Waals surface area contributed by atoms with Gasteiger partial charge in [0.25, 0.3) is 0 Å². The summed E-state index contributed by atoms with van der Waals surface area (Å²) >= 11 is 1.65. The Labute approximate surface area is 188 Å². The molecule has 168 valence electrons. The minimum atomic E-state index is -0.480. The molecule has 1 aliphatic heterocycles. The number of esters is 1. The first-order valence-electron chi connectivity index (χ1n) is 10.7. The number of nitrogens with two attached hydrogens (primary N) is 1. The van der Waals surface area contributed by atoms with Gasteiger partial charge < -0.3 is 20.5 Å². The van der Waals surface area contributed by atoms with Crippen molar-refractivity contribution in [3.8, 4) is 0 Å². The molecule has 0 amide bonds. The lowest BCUT2D eigenvalue weighted by Crippen LogP contribution is -2.40. The number of rotatable bonds is 8. The number of nitrogens with one attached hydrogen (secondary N) is 1. The highest BCUT2D eigenvalue weighted by Gasteiger charge is 2.43. The molecule has 3 rings (SSSR count). The monoisotopic (exact) mass is 444 g/mol. The minimum Gasteiger partial charge on any atom is -0.463 e. The Kier molecular flexibility index (Phi) is 7.62. The Hall–Kier alpha value is -2.09. The maximum atomic E-state index is 13.3. The minimum absolute atomic E-state index is 0.0708. The topological polar surface area (TPSA) is 90.7 Å². The van der Waals surface area contributed by atoms with Crippen molar-refractivity contribution in [3.63, 3.8) is 0 Å². The Morgan fingerprint density at radius 1 is 1.26 bits per heavy atom. The van der Waals surface area contributed by atoms with Crippen LogP contribution in [0.15, 0.2) is 51.7 Å². The van der Waals surface area contributed by atoms with Crippen LogP contribution in [0.3, 0.4) is 0 Å². The van der Waals surface area contributed by atoms with Gasteiger partial charge in [0.05, 0.1) is 31.1 Å². The Balaban J connectivity index is 2.16. The van der Waals surface area contributed by atoms with E-state index in [1.807, 2.05) is 30.5 Å². The average molecular weight is 445 g/mol. The van der Waals surface area contributed by atoms with Crippen LogP contribution in [0.2, 0.25) is 0 Å². The third-order valence-corrected chi connectivity index (χ3v) is 6.32. The molecule has 6 nitrogen and oxygen atoms in total. The van der Waals surface area contributed by atoms with Crippen molar-refractivity contribution in [1.82, 2.24) is 5.32 Å². The van der Waals surface area contributed by atoms with E-state index in [0.29, 0.717) is 36.4 Å². The van der Waals surface area contributed by atoms with Crippen LogP contribution >= 0.6 is 11.8 Å². The molecule has 1 aromatic rings. The number of allylic oxidation sites excluding steroid dienone is 2. The molecule has 0 spiro atoms. The Morgan fingerprint density at radius 2 is 1.97 bits per heavy atom. The number of ketones is 1. The quantitative estimate of drug-likeness (QED) is 0.360. The molecule has 3 N–H and O–H groups in total. The van der Waals surface area contributed by atoms with Crippen LogP contribution in [0, 0.1) is 5.41 Å². The molecule has 1 atom stereocenters. The molecular formula is C24H32N2O4S. The molecule has 1 aromatic carbocycles. The number of carbonyl (C=O) groups is 2. The van der Waals surface area contributed by atoms with Gasteiger partial charge in [0.15, 0.2) is 5.78 Å². The van der Waals surface area contributed by atoms with E-state index in [2.05, 4.69) is 19.2 Å². The van der Waals surface area contributed by atoms with Crippen molar-refractivity contribution in [2.24, 2.45) is 11.1 Å². The number of hydrogen-bond donors (Lipinski definition) is 2. The van der Waals surface area contributed by atoms with Crippen LogP contribution < -0.4 is 11.1 Å². The van der Waals surface area contributed by atoms with E-state index in [9.17, 15) is 9.59 Å². The van der Waals surface area contributed by atoms with Crippen LogP contribution in [0.25, 0.3) is 0 Å². The fraction of sp³-hybridized carbons (Fsp3) is 0.500. The summed E-state index contributed by atoms with van der Waals surface area (Å²) in [6, 6.07) is 8.04. The van der Waals surface area contributed by atoms with Crippen molar-refractivity contribution in [2.75, 3.05) is 32.6 Å². The molecule has 1 heterocycles. The SMILES string of the molecule is CCOC(=O)C1=C(COCCN)NC2=C(C(=O)CC(C)(C)C2)C1c1ccc(SC)cc1. The van der Waals surface area contributed by atoms with Gasteiger partial charge in [0, 0.05) is 35.0 Å². The number of benzene rings is 1. The van der Waals surface area contributed by atoms with E-state index in [4.69, 9.17) is 15.2 Å². The predicted molar refractivity (Wildman–Crippen MR) is 123 cm³/mol. The van der Waals surface area contributed by atoms with Crippen LogP contribution in [0.4, 0.5) is 0 Å². The zero-order valence-electron chi connectivity index (χ0n) is 18.7. The van der Waals surface area contributed by atoms with Gasteiger partial charge in [-0.05, 0) is 42.7 Å². The van der Waals surface area contributed by atoms with Gasteiger partial charge >= 0.3 is 5.97 Å². The number of dihydropyridines is 1. The normalized spacial score (nSPS) is 20.4. The summed E-state index contributed by atoms with van der Waals surface area (Å²) < 4.78 is 11.1. The second-order valence-electron chi connectivity index (χ2n) is 8.62. The van der Waals surface area contributed by atoms with Gasteiger partial charge in [-0.1, -0.05) is 26.0 Å². The van der Waals surface area contributed by atoms with Gasteiger partial charge in [0.1, 0.15) is 0 Å². The van der Waals surface area contributed by atoms with Gasteiger partial charge in [-0.25, -0.2) is 4.79 Å². The van der Waals surface area contributed by atoms with Crippen LogP contribution in [0.1, 0.15) is 45.1 Å². The first kappa shape index (κ1) is 23.6. The van der Waals surface area contributed by atoms with Crippen molar-refractivity contribution in [2.45, 2.75) is 44.4 Å². The average Bonchev–Trinajstić information content (AvgIpc) is 2.72. The van der Waals surface area contributed by atoms with Crippen LogP contribution in [-0.4, -0.2) is 44.4 Å². The van der Waals surface area contributed by atoms with Crippen molar-refractivity contribution >= 4 is 23.5 Å². The maximum absolute atomic E-state index is 13.3. The van der Waals surface area contributed by atoms with E-state index in [0.717, 1.165) is 22.6 Å². The smallest absolute Gasteiger partial charge is 0.336 e. The summed E-state index contributed by atoms with van der Waals surface area (Å²) in [6.45, 7) is 7.19. The standard InChI is InChI=1S/C24H32N2O4S/c1-5-30-23(28)22-18(14-29-11-10-25)26-17-12-24(2,3)13-19(27)21(17)20(22)15-6-8-16(31-4)9-7-15/h6-9,20,26H,5,10-14,25H2,1-4H3. The molecule has 0 fully saturated rings. The predicted octanol–water partition coefficient (Wildman–Crippen LogP) is 3.53. The molecule has 7 heteroatoms. The molecule has 1 unspecified atom stereocenters. The molecule has 0 radical (unpaired) electrons. The number of thioether (sulfide) groups is 1. The van der Waals surface area contributed by atoms with E-state index < -0.39 is 11.9 Å². The Bertz CT molecular complexity index is 903. The summed E-state index contributed by atoms with van der Waals surface area (Å²) in [5, 5.41) is 3.38. The maximum Gasteiger partial charge on any atom is 0.336 e. The number of ether oxygens (including phenoxy) is 2. The van der Waals surface area contributed by atoms with E-state index in [1.165, 1.54) is 0 Å². The van der Waals surface area contributed by atoms with Crippen LogP contribution in [-0.2, 0) is 19.1 Å². The zero-order valence-corrected chi connectivity index (χ0v) is 19.6. The molecule has 0 bridgehead atoms. The lowest BCUT2D eigenvalue weighted by molar-refractivity contribution is -0.139. The molecule has 2 aliphatic rings. The first-order valence-corrected chi connectivity index (χ1v) is 11.9. The number of Topliss-reactive ketones (excluding diaryl/α,β-unsaturated/α-hetero) is 1. The third-order valence-electron chi connectivity index (χ3n) is 5.58. The fourth-order valence-electron chi connectivity index (χ4n) is 4.30. The summed E-state index contributed by atoms with van der Waals surface area (Å²) in [4.78, 5) is 27.6. The molecule has 1 aliphatic carbocycles. The second kappa shape index (κ2) is 10.0. The van der Waals surface area contributed by atoms with Gasteiger partial charge in [-0.2, -0.15) is 0 Å². The largest absolute Gasteiger partial charge is 0.463 e. The summed E-state index contributed by atoms with van der Waals surface area (Å²) in [7, 11) is 0. The summed E-state index contributed by atoms with van der Waals surface area (Å²) in [6.07, 6.45) is 3.19. The van der Waals surface area contributed by atoms with Crippen LogP contribution in [0.5, 0.6) is 0 Å². The molecule has 0 saturated heterocycles. The van der Waals surface area contributed by atoms with Gasteiger partial charge in [-0.15, -0.1) is 11.8 Å². The van der Waals surface area contributed by atoms with Crippen molar-refractivity contribution in [1.29, 1.82) is 0 Å². The molecule has 0 aromatic heterocycles. The molecular weight excluding hydrogens is 412 g/mol.